The van der Waals surface area contributed by atoms with Crippen LogP contribution in [0.4, 0.5) is 0 Å². The van der Waals surface area contributed by atoms with Gasteiger partial charge in [-0.25, -0.2) is 4.98 Å². The van der Waals surface area contributed by atoms with Crippen LogP contribution in [0, 0.1) is 6.92 Å². The van der Waals surface area contributed by atoms with E-state index in [-0.39, 0.29) is 5.91 Å². The molecule has 0 unspecified atom stereocenters. The van der Waals surface area contributed by atoms with Crippen molar-refractivity contribution in [2.45, 2.75) is 20.3 Å². The lowest BCUT2D eigenvalue weighted by molar-refractivity contribution is 0.0945. The van der Waals surface area contributed by atoms with Gasteiger partial charge in [0.15, 0.2) is 0 Å². The third-order valence-electron chi connectivity index (χ3n) is 3.89. The number of benzene rings is 1. The van der Waals surface area contributed by atoms with Gasteiger partial charge in [0, 0.05) is 25.3 Å². The van der Waals surface area contributed by atoms with Gasteiger partial charge in [-0.2, -0.15) is 0 Å². The highest BCUT2D eigenvalue weighted by Gasteiger charge is 2.19. The summed E-state index contributed by atoms with van der Waals surface area (Å²) in [6.45, 7) is 5.62. The number of hydrogen-bond acceptors (Lipinski definition) is 5. The first kappa shape index (κ1) is 17.1. The highest BCUT2D eigenvalue weighted by Crippen LogP contribution is 2.26. The Hall–Kier alpha value is -2.73. The lowest BCUT2D eigenvalue weighted by Gasteiger charge is -2.08. The van der Waals surface area contributed by atoms with Crippen LogP contribution in [0.1, 0.15) is 29.4 Å². The molecule has 3 rings (SSSR count). The standard InChI is InChI=1S/C19H21N3O3/c1-3-24-11-7-10-20-18(23)15-12-16(14-8-5-4-6-9-14)21-19-17(15)13(2)22-25-19/h4-6,8-9,12H,3,7,10-11H2,1-2H3,(H,20,23). The molecule has 0 aliphatic rings. The third kappa shape index (κ3) is 3.85. The maximum absolute atomic E-state index is 12.7. The van der Waals surface area contributed by atoms with Gasteiger partial charge in [0.1, 0.15) is 0 Å². The van der Waals surface area contributed by atoms with E-state index in [0.29, 0.717) is 47.8 Å². The molecule has 1 N–H and O–H groups in total. The Morgan fingerprint density at radius 2 is 2.08 bits per heavy atom. The molecule has 2 aromatic heterocycles. The van der Waals surface area contributed by atoms with Gasteiger partial charge in [-0.05, 0) is 26.3 Å². The highest BCUT2D eigenvalue weighted by molar-refractivity contribution is 6.06. The van der Waals surface area contributed by atoms with Crippen molar-refractivity contribution in [3.05, 3.63) is 47.7 Å². The largest absolute Gasteiger partial charge is 0.382 e. The van der Waals surface area contributed by atoms with Crippen LogP contribution < -0.4 is 5.32 Å². The quantitative estimate of drug-likeness (QED) is 0.668. The maximum atomic E-state index is 12.7. The number of rotatable bonds is 7. The molecule has 0 fully saturated rings. The zero-order valence-corrected chi connectivity index (χ0v) is 14.4. The van der Waals surface area contributed by atoms with E-state index in [9.17, 15) is 4.79 Å². The van der Waals surface area contributed by atoms with Crippen LogP contribution >= 0.6 is 0 Å². The maximum Gasteiger partial charge on any atom is 0.259 e. The monoisotopic (exact) mass is 339 g/mol. The van der Waals surface area contributed by atoms with Crippen molar-refractivity contribution in [1.82, 2.24) is 15.5 Å². The molecular weight excluding hydrogens is 318 g/mol. The summed E-state index contributed by atoms with van der Waals surface area (Å²) in [5, 5.41) is 7.54. The smallest absolute Gasteiger partial charge is 0.259 e. The first-order chi connectivity index (χ1) is 12.2. The third-order valence-corrected chi connectivity index (χ3v) is 3.89. The van der Waals surface area contributed by atoms with E-state index in [1.54, 1.807) is 6.07 Å². The number of nitrogens with one attached hydrogen (secondary N) is 1. The second kappa shape index (κ2) is 7.90. The van der Waals surface area contributed by atoms with Gasteiger partial charge in [-0.1, -0.05) is 35.5 Å². The number of hydrogen-bond donors (Lipinski definition) is 1. The Bertz CT molecular complexity index is 859. The van der Waals surface area contributed by atoms with Gasteiger partial charge in [-0.15, -0.1) is 0 Å². The van der Waals surface area contributed by atoms with E-state index in [1.165, 1.54) is 0 Å². The van der Waals surface area contributed by atoms with Gasteiger partial charge in [0.2, 0.25) is 0 Å². The van der Waals surface area contributed by atoms with Crippen molar-refractivity contribution in [2.24, 2.45) is 0 Å². The lowest BCUT2D eigenvalue weighted by Crippen LogP contribution is -2.25. The molecule has 1 amide bonds. The molecule has 0 bridgehead atoms. The second-order valence-electron chi connectivity index (χ2n) is 5.68. The van der Waals surface area contributed by atoms with Crippen LogP contribution in [-0.2, 0) is 4.74 Å². The molecule has 130 valence electrons. The fourth-order valence-corrected chi connectivity index (χ4v) is 2.65. The minimum atomic E-state index is -0.160. The van der Waals surface area contributed by atoms with Crippen LogP contribution in [-0.4, -0.2) is 35.8 Å². The fourth-order valence-electron chi connectivity index (χ4n) is 2.65. The van der Waals surface area contributed by atoms with Gasteiger partial charge < -0.3 is 14.6 Å². The average molecular weight is 339 g/mol. The van der Waals surface area contributed by atoms with E-state index in [2.05, 4.69) is 15.5 Å². The molecule has 0 saturated heterocycles. The Morgan fingerprint density at radius 3 is 2.84 bits per heavy atom. The van der Waals surface area contributed by atoms with E-state index >= 15 is 0 Å². The van der Waals surface area contributed by atoms with Crippen molar-refractivity contribution in [1.29, 1.82) is 0 Å². The summed E-state index contributed by atoms with van der Waals surface area (Å²) in [4.78, 5) is 17.2. The van der Waals surface area contributed by atoms with E-state index in [0.717, 1.165) is 12.0 Å². The Balaban J connectivity index is 1.90. The van der Waals surface area contributed by atoms with E-state index in [1.807, 2.05) is 44.2 Å². The lowest BCUT2D eigenvalue weighted by atomic mass is 10.1. The molecule has 0 radical (unpaired) electrons. The number of ether oxygens (including phenoxy) is 1. The molecule has 6 nitrogen and oxygen atoms in total. The normalized spacial score (nSPS) is 11.0. The summed E-state index contributed by atoms with van der Waals surface area (Å²) in [5.41, 5.74) is 3.16. The minimum absolute atomic E-state index is 0.160. The number of fused-ring (bicyclic) bond motifs is 1. The van der Waals surface area contributed by atoms with Crippen molar-refractivity contribution in [3.63, 3.8) is 0 Å². The number of carbonyl (C=O) groups excluding carboxylic acids is 1. The molecule has 0 aliphatic heterocycles. The summed E-state index contributed by atoms with van der Waals surface area (Å²) >= 11 is 0. The number of amides is 1. The fraction of sp³-hybridized carbons (Fsp3) is 0.316. The van der Waals surface area contributed by atoms with Crippen molar-refractivity contribution < 1.29 is 14.1 Å². The molecule has 0 spiro atoms. The van der Waals surface area contributed by atoms with Gasteiger partial charge in [0.05, 0.1) is 22.3 Å². The van der Waals surface area contributed by atoms with Crippen LogP contribution in [0.15, 0.2) is 40.9 Å². The van der Waals surface area contributed by atoms with Crippen molar-refractivity contribution in [3.8, 4) is 11.3 Å². The molecule has 25 heavy (non-hydrogen) atoms. The Kier molecular flexibility index (Phi) is 5.40. The Morgan fingerprint density at radius 1 is 1.28 bits per heavy atom. The van der Waals surface area contributed by atoms with Gasteiger partial charge >= 0.3 is 0 Å². The van der Waals surface area contributed by atoms with Crippen LogP contribution in [0.25, 0.3) is 22.4 Å². The van der Waals surface area contributed by atoms with Crippen LogP contribution in [0.2, 0.25) is 0 Å². The van der Waals surface area contributed by atoms with Gasteiger partial charge in [-0.3, -0.25) is 4.79 Å². The molecule has 0 atom stereocenters. The molecule has 6 heteroatoms. The molecule has 0 aliphatic carbocycles. The average Bonchev–Trinajstić information content (AvgIpc) is 3.02. The zero-order valence-electron chi connectivity index (χ0n) is 14.4. The number of aryl methyl sites for hydroxylation is 1. The van der Waals surface area contributed by atoms with Crippen molar-refractivity contribution in [2.75, 3.05) is 19.8 Å². The van der Waals surface area contributed by atoms with Gasteiger partial charge in [0.25, 0.3) is 11.6 Å². The number of aromatic nitrogens is 2. The zero-order chi connectivity index (χ0) is 17.6. The number of pyridine rings is 1. The summed E-state index contributed by atoms with van der Waals surface area (Å²) in [6.07, 6.45) is 0.766. The second-order valence-corrected chi connectivity index (χ2v) is 5.68. The first-order valence-corrected chi connectivity index (χ1v) is 8.39. The topological polar surface area (TPSA) is 77.2 Å². The molecule has 2 heterocycles. The summed E-state index contributed by atoms with van der Waals surface area (Å²) < 4.78 is 10.6. The predicted molar refractivity (Wildman–Crippen MR) is 95.4 cm³/mol. The summed E-state index contributed by atoms with van der Waals surface area (Å²) in [6, 6.07) is 11.5. The van der Waals surface area contributed by atoms with E-state index < -0.39 is 0 Å². The number of nitrogens with zero attached hydrogens (tertiary/aromatic N) is 2. The highest BCUT2D eigenvalue weighted by atomic mass is 16.5. The van der Waals surface area contributed by atoms with Crippen LogP contribution in [0.5, 0.6) is 0 Å². The van der Waals surface area contributed by atoms with Crippen molar-refractivity contribution >= 4 is 17.0 Å². The minimum Gasteiger partial charge on any atom is -0.382 e. The predicted octanol–water partition coefficient (Wildman–Crippen LogP) is 3.35. The molecular formula is C19H21N3O3. The SMILES string of the molecule is CCOCCCNC(=O)c1cc(-c2ccccc2)nc2onc(C)c12. The summed E-state index contributed by atoms with van der Waals surface area (Å²) in [5.74, 6) is -0.160. The van der Waals surface area contributed by atoms with Crippen LogP contribution in [0.3, 0.4) is 0 Å². The number of carbonyl (C=O) groups is 1. The molecule has 0 saturated carbocycles. The molecule has 3 aromatic rings. The Labute approximate surface area is 146 Å². The van der Waals surface area contributed by atoms with E-state index in [4.69, 9.17) is 9.26 Å². The summed E-state index contributed by atoms with van der Waals surface area (Å²) in [7, 11) is 0. The molecule has 1 aromatic carbocycles. The first-order valence-electron chi connectivity index (χ1n) is 8.39.